The van der Waals surface area contributed by atoms with Crippen molar-refractivity contribution in [1.82, 2.24) is 0 Å². The van der Waals surface area contributed by atoms with Crippen LogP contribution >= 0.6 is 46.4 Å². The molecule has 8 heteroatoms. The van der Waals surface area contributed by atoms with Crippen LogP contribution in [0.15, 0.2) is 24.3 Å². The summed E-state index contributed by atoms with van der Waals surface area (Å²) in [5.74, 6) is 0. The molecule has 0 aliphatic carbocycles. The molecule has 0 spiro atoms. The lowest BCUT2D eigenvalue weighted by atomic mass is 10.1. The van der Waals surface area contributed by atoms with Crippen LogP contribution in [0.4, 0.5) is 0 Å². The zero-order valence-electron chi connectivity index (χ0n) is 11.6. The summed E-state index contributed by atoms with van der Waals surface area (Å²) in [6, 6.07) is 14.0. The first-order valence-electron chi connectivity index (χ1n) is 5.98. The van der Waals surface area contributed by atoms with Crippen molar-refractivity contribution < 1.29 is 0 Å². The molecule has 0 radical (unpaired) electrons. The summed E-state index contributed by atoms with van der Waals surface area (Å²) in [4.78, 5) is 0. The van der Waals surface area contributed by atoms with E-state index in [0.29, 0.717) is 11.1 Å². The maximum Gasteiger partial charge on any atom is 0.102 e. The molecule has 0 aliphatic heterocycles. The molecule has 4 nitrogen and oxygen atoms in total. The molecule has 2 aromatic carbocycles. The third-order valence-corrected chi connectivity index (χ3v) is 4.46. The monoisotopic (exact) mass is 392 g/mol. The Labute approximate surface area is 158 Å². The van der Waals surface area contributed by atoms with Crippen molar-refractivity contribution in [3.05, 3.63) is 66.6 Å². The van der Waals surface area contributed by atoms with Crippen molar-refractivity contribution in [1.29, 1.82) is 21.0 Å². The van der Waals surface area contributed by atoms with Crippen LogP contribution in [0, 0.1) is 45.3 Å². The molecule has 0 N–H and O–H groups in total. The van der Waals surface area contributed by atoms with Gasteiger partial charge in [-0.3, -0.25) is 0 Å². The minimum Gasteiger partial charge on any atom is -0.192 e. The normalized spacial score (nSPS) is 8.67. The maximum absolute atomic E-state index is 8.72. The third-order valence-electron chi connectivity index (χ3n) is 2.66. The van der Waals surface area contributed by atoms with Crippen molar-refractivity contribution >= 4 is 46.4 Å². The number of rotatable bonds is 0. The van der Waals surface area contributed by atoms with Crippen LogP contribution in [0.2, 0.25) is 20.1 Å². The lowest BCUT2D eigenvalue weighted by Crippen LogP contribution is -1.90. The number of hydrogen-bond acceptors (Lipinski definition) is 4. The van der Waals surface area contributed by atoms with Crippen molar-refractivity contribution in [2.24, 2.45) is 0 Å². The predicted molar refractivity (Wildman–Crippen MR) is 91.8 cm³/mol. The predicted octanol–water partition coefficient (Wildman–Crippen LogP) is 5.47. The average Bonchev–Trinajstić information content (AvgIpc) is 2.63. The van der Waals surface area contributed by atoms with Crippen molar-refractivity contribution in [2.75, 3.05) is 0 Å². The van der Waals surface area contributed by atoms with Crippen LogP contribution in [0.1, 0.15) is 22.3 Å². The van der Waals surface area contributed by atoms with Gasteiger partial charge in [-0.05, 0) is 12.1 Å². The van der Waals surface area contributed by atoms with Gasteiger partial charge >= 0.3 is 0 Å². The van der Waals surface area contributed by atoms with Gasteiger partial charge in [-0.25, -0.2) is 0 Å². The van der Waals surface area contributed by atoms with E-state index in [9.17, 15) is 0 Å². The van der Waals surface area contributed by atoms with E-state index in [0.717, 1.165) is 0 Å². The van der Waals surface area contributed by atoms with E-state index in [-0.39, 0.29) is 31.2 Å². The van der Waals surface area contributed by atoms with Crippen LogP contribution in [0.3, 0.4) is 0 Å². The van der Waals surface area contributed by atoms with E-state index >= 15 is 0 Å². The fourth-order valence-electron chi connectivity index (χ4n) is 1.52. The van der Waals surface area contributed by atoms with Crippen LogP contribution in [-0.4, -0.2) is 0 Å². The topological polar surface area (TPSA) is 95.2 Å². The smallest absolute Gasteiger partial charge is 0.102 e. The Kier molecular flexibility index (Phi) is 7.35. The number of nitriles is 4. The Morgan fingerprint density at radius 3 is 1.12 bits per heavy atom. The maximum atomic E-state index is 8.72. The van der Waals surface area contributed by atoms with E-state index in [1.165, 1.54) is 0 Å². The second-order valence-electron chi connectivity index (χ2n) is 4.00. The standard InChI is InChI=1S/C8Cl4N2.C8H4N2/c9-5-3(1-13)4(2-14)6(10)8(12)7(5)11;9-5-7-3-1-2-4-8(7)6-10/h;1-4H. The minimum absolute atomic E-state index is 0.0196. The average molecular weight is 394 g/mol. The molecule has 0 saturated carbocycles. The molecule has 0 saturated heterocycles. The molecule has 24 heavy (non-hydrogen) atoms. The van der Waals surface area contributed by atoms with Gasteiger partial charge in [-0.1, -0.05) is 58.5 Å². The molecule has 0 aromatic heterocycles. The molecule has 0 atom stereocenters. The highest BCUT2D eigenvalue weighted by Crippen LogP contribution is 2.40. The Balaban J connectivity index is 0.000000254. The first kappa shape index (κ1) is 19.6. The third kappa shape index (κ3) is 4.10. The van der Waals surface area contributed by atoms with Gasteiger partial charge in [0.2, 0.25) is 0 Å². The van der Waals surface area contributed by atoms with Gasteiger partial charge in [0, 0.05) is 0 Å². The summed E-state index contributed by atoms with van der Waals surface area (Å²) >= 11 is 22.8. The molecule has 0 amide bonds. The Morgan fingerprint density at radius 2 is 0.875 bits per heavy atom. The fourth-order valence-corrected chi connectivity index (χ4v) is 2.46. The van der Waals surface area contributed by atoms with Crippen molar-refractivity contribution in [3.8, 4) is 24.3 Å². The van der Waals surface area contributed by atoms with Gasteiger partial charge < -0.3 is 0 Å². The van der Waals surface area contributed by atoms with Gasteiger partial charge in [-0.15, -0.1) is 0 Å². The molecule has 0 bridgehead atoms. The molecule has 0 fully saturated rings. The lowest BCUT2D eigenvalue weighted by molar-refractivity contribution is 1.43. The van der Waals surface area contributed by atoms with Crippen LogP contribution < -0.4 is 0 Å². The number of benzene rings is 2. The first-order valence-corrected chi connectivity index (χ1v) is 7.49. The van der Waals surface area contributed by atoms with Gasteiger partial charge in [0.15, 0.2) is 0 Å². The van der Waals surface area contributed by atoms with E-state index in [1.807, 2.05) is 12.1 Å². The minimum atomic E-state index is -0.0615. The lowest BCUT2D eigenvalue weighted by Gasteiger charge is -2.05. The summed E-state index contributed by atoms with van der Waals surface area (Å²) in [6.45, 7) is 0. The molecule has 0 heterocycles. The highest BCUT2D eigenvalue weighted by molar-refractivity contribution is 6.52. The van der Waals surface area contributed by atoms with Crippen LogP contribution in [0.25, 0.3) is 0 Å². The molecule has 116 valence electrons. The SMILES string of the molecule is N#Cc1c(Cl)c(Cl)c(Cl)c(Cl)c1C#N.N#Cc1ccccc1C#N. The van der Waals surface area contributed by atoms with Gasteiger partial charge in [0.05, 0.1) is 42.3 Å². The summed E-state index contributed by atoms with van der Waals surface area (Å²) in [7, 11) is 0. The largest absolute Gasteiger partial charge is 0.192 e. The van der Waals surface area contributed by atoms with E-state index in [1.54, 1.807) is 36.4 Å². The molecule has 2 aromatic rings. The van der Waals surface area contributed by atoms with Gasteiger partial charge in [0.25, 0.3) is 0 Å². The van der Waals surface area contributed by atoms with Gasteiger partial charge in [-0.2, -0.15) is 21.0 Å². The number of hydrogen-bond donors (Lipinski definition) is 0. The van der Waals surface area contributed by atoms with Crippen LogP contribution in [-0.2, 0) is 0 Å². The van der Waals surface area contributed by atoms with E-state index in [4.69, 9.17) is 67.5 Å². The summed E-state index contributed by atoms with van der Waals surface area (Å²) in [5, 5.41) is 34.2. The quantitative estimate of drug-likeness (QED) is 0.437. The summed E-state index contributed by atoms with van der Waals surface area (Å²) < 4.78 is 0. The van der Waals surface area contributed by atoms with E-state index in [2.05, 4.69) is 0 Å². The Morgan fingerprint density at radius 1 is 0.542 bits per heavy atom. The van der Waals surface area contributed by atoms with E-state index < -0.39 is 0 Å². The summed E-state index contributed by atoms with van der Waals surface area (Å²) in [6.07, 6.45) is 0. The second kappa shape index (κ2) is 9.00. The molecular formula is C16H4Cl4N4. The van der Waals surface area contributed by atoms with Crippen LogP contribution in [0.5, 0.6) is 0 Å². The zero-order chi connectivity index (χ0) is 18.3. The molecule has 0 aliphatic rings. The highest BCUT2D eigenvalue weighted by atomic mass is 35.5. The molecular weight excluding hydrogens is 390 g/mol. The first-order chi connectivity index (χ1) is 11.4. The Hall–Kier alpha value is -2.44. The summed E-state index contributed by atoms with van der Waals surface area (Å²) in [5.41, 5.74) is 0.747. The second-order valence-corrected chi connectivity index (χ2v) is 5.51. The van der Waals surface area contributed by atoms with Crippen molar-refractivity contribution in [2.45, 2.75) is 0 Å². The fraction of sp³-hybridized carbons (Fsp3) is 0. The molecule has 2 rings (SSSR count). The Bertz CT molecular complexity index is 878. The highest BCUT2D eigenvalue weighted by Gasteiger charge is 2.19. The van der Waals surface area contributed by atoms with Crippen molar-refractivity contribution in [3.63, 3.8) is 0 Å². The zero-order valence-corrected chi connectivity index (χ0v) is 14.6. The molecule has 0 unspecified atom stereocenters. The number of halogens is 4. The van der Waals surface area contributed by atoms with Gasteiger partial charge in [0.1, 0.15) is 24.3 Å². The number of nitrogens with zero attached hydrogens (tertiary/aromatic N) is 4.